The van der Waals surface area contributed by atoms with Crippen LogP contribution in [0.5, 0.6) is 0 Å². The first-order chi connectivity index (χ1) is 15.1. The normalized spacial score (nSPS) is 13.9. The molecule has 0 atom stereocenters. The predicted octanol–water partition coefficient (Wildman–Crippen LogP) is 3.14. The Morgan fingerprint density at radius 2 is 1.87 bits per heavy atom. The zero-order chi connectivity index (χ0) is 21.6. The van der Waals surface area contributed by atoms with Gasteiger partial charge in [0.2, 0.25) is 5.91 Å². The molecule has 0 unspecified atom stereocenters. The van der Waals surface area contributed by atoms with Crippen LogP contribution in [0.15, 0.2) is 54.9 Å². The summed E-state index contributed by atoms with van der Waals surface area (Å²) < 4.78 is 13.1. The van der Waals surface area contributed by atoms with Crippen LogP contribution in [-0.2, 0) is 4.79 Å². The van der Waals surface area contributed by atoms with Crippen molar-refractivity contribution in [2.45, 2.75) is 13.3 Å². The Morgan fingerprint density at radius 1 is 1.10 bits per heavy atom. The second-order valence-electron chi connectivity index (χ2n) is 7.48. The van der Waals surface area contributed by atoms with Gasteiger partial charge in [0.25, 0.3) is 0 Å². The lowest BCUT2D eigenvalue weighted by Crippen LogP contribution is -2.49. The summed E-state index contributed by atoms with van der Waals surface area (Å²) in [6.07, 6.45) is 3.83. The second kappa shape index (κ2) is 9.51. The van der Waals surface area contributed by atoms with E-state index in [0.717, 1.165) is 30.0 Å². The number of anilines is 2. The summed E-state index contributed by atoms with van der Waals surface area (Å²) >= 11 is 0. The third-order valence-corrected chi connectivity index (χ3v) is 5.24. The van der Waals surface area contributed by atoms with Gasteiger partial charge in [0.15, 0.2) is 5.82 Å². The van der Waals surface area contributed by atoms with Gasteiger partial charge in [-0.25, -0.2) is 14.4 Å². The number of hydrogen-bond acceptors (Lipinski definition) is 6. The third-order valence-electron chi connectivity index (χ3n) is 5.24. The molecular weight excluding hydrogens is 395 g/mol. The molecule has 0 bridgehead atoms. The molecule has 7 nitrogen and oxygen atoms in total. The van der Waals surface area contributed by atoms with Crippen LogP contribution in [0.3, 0.4) is 0 Å². The fraction of sp³-hybridized carbons (Fsp3) is 0.304. The number of halogens is 1. The minimum absolute atomic E-state index is 0.115. The average molecular weight is 420 g/mol. The van der Waals surface area contributed by atoms with Crippen LogP contribution < -0.4 is 10.2 Å². The van der Waals surface area contributed by atoms with Gasteiger partial charge in [0.05, 0.1) is 0 Å². The van der Waals surface area contributed by atoms with E-state index in [1.165, 1.54) is 12.1 Å². The smallest absolute Gasteiger partial charge is 0.224 e. The van der Waals surface area contributed by atoms with Crippen molar-refractivity contribution in [2.75, 3.05) is 42.9 Å². The van der Waals surface area contributed by atoms with Crippen molar-refractivity contribution in [1.82, 2.24) is 19.9 Å². The van der Waals surface area contributed by atoms with Crippen LogP contribution in [0.25, 0.3) is 11.4 Å². The Labute approximate surface area is 181 Å². The fourth-order valence-corrected chi connectivity index (χ4v) is 3.60. The number of nitrogens with zero attached hydrogens (tertiary/aromatic N) is 5. The Kier molecular flexibility index (Phi) is 6.35. The lowest BCUT2D eigenvalue weighted by molar-refractivity contribution is -0.131. The minimum atomic E-state index is -0.239. The lowest BCUT2D eigenvalue weighted by Gasteiger charge is -2.36. The number of piperazine rings is 1. The Bertz CT molecular complexity index is 1020. The summed E-state index contributed by atoms with van der Waals surface area (Å²) in [6, 6.07) is 12.1. The molecule has 2 aromatic heterocycles. The zero-order valence-corrected chi connectivity index (χ0v) is 17.5. The highest BCUT2D eigenvalue weighted by Crippen LogP contribution is 2.18. The van der Waals surface area contributed by atoms with Crippen molar-refractivity contribution in [3.63, 3.8) is 0 Å². The van der Waals surface area contributed by atoms with Gasteiger partial charge in [-0.3, -0.25) is 9.78 Å². The molecule has 1 aromatic carbocycles. The number of carbonyl (C=O) groups excluding carboxylic acids is 1. The number of pyridine rings is 1. The molecule has 1 aliphatic rings. The quantitative estimate of drug-likeness (QED) is 0.661. The fourth-order valence-electron chi connectivity index (χ4n) is 3.60. The molecule has 8 heteroatoms. The van der Waals surface area contributed by atoms with Crippen molar-refractivity contribution in [1.29, 1.82) is 0 Å². The molecule has 1 fully saturated rings. The van der Waals surface area contributed by atoms with E-state index in [1.807, 2.05) is 30.0 Å². The third kappa shape index (κ3) is 5.33. The second-order valence-corrected chi connectivity index (χ2v) is 7.48. The molecule has 0 saturated carbocycles. The predicted molar refractivity (Wildman–Crippen MR) is 118 cm³/mol. The maximum absolute atomic E-state index is 13.1. The highest BCUT2D eigenvalue weighted by Gasteiger charge is 2.21. The summed E-state index contributed by atoms with van der Waals surface area (Å²) in [7, 11) is 0. The van der Waals surface area contributed by atoms with E-state index in [-0.39, 0.29) is 11.7 Å². The Hall–Kier alpha value is -3.55. The molecule has 1 saturated heterocycles. The summed E-state index contributed by atoms with van der Waals surface area (Å²) in [5.41, 5.74) is 2.68. The first-order valence-electron chi connectivity index (χ1n) is 10.4. The topological polar surface area (TPSA) is 74.2 Å². The molecule has 1 N–H and O–H groups in total. The molecule has 0 radical (unpaired) electrons. The molecule has 3 heterocycles. The summed E-state index contributed by atoms with van der Waals surface area (Å²) in [6.45, 7) is 5.22. The number of rotatable bonds is 6. The number of hydrogen-bond donors (Lipinski definition) is 1. The van der Waals surface area contributed by atoms with Crippen LogP contribution in [0.1, 0.15) is 12.1 Å². The monoisotopic (exact) mass is 420 g/mol. The number of aryl methyl sites for hydroxylation is 1. The van der Waals surface area contributed by atoms with Crippen molar-refractivity contribution in [3.8, 4) is 11.4 Å². The number of aromatic nitrogens is 3. The van der Waals surface area contributed by atoms with Gasteiger partial charge in [0.1, 0.15) is 11.6 Å². The largest absolute Gasteiger partial charge is 0.369 e. The molecule has 3 aromatic rings. The number of nitrogens with one attached hydrogen (secondary N) is 1. The van der Waals surface area contributed by atoms with Crippen molar-refractivity contribution in [3.05, 3.63) is 66.4 Å². The Balaban J connectivity index is 1.27. The van der Waals surface area contributed by atoms with E-state index in [2.05, 4.69) is 25.2 Å². The van der Waals surface area contributed by atoms with Crippen molar-refractivity contribution >= 4 is 17.4 Å². The van der Waals surface area contributed by atoms with Gasteiger partial charge in [-0.05, 0) is 43.3 Å². The first kappa shape index (κ1) is 20.7. The number of carbonyl (C=O) groups is 1. The molecule has 4 rings (SSSR count). The standard InChI is InChI=1S/C23H25FN6O/c1-17-15-21(28-23(27-17)18-3-2-9-25-16-18)26-10-8-22(31)30-13-11-29(12-14-30)20-6-4-19(24)5-7-20/h2-7,9,15-16H,8,10-14H2,1H3,(H,26,27,28). The van der Waals surface area contributed by atoms with E-state index >= 15 is 0 Å². The molecule has 0 aliphatic carbocycles. The van der Waals surface area contributed by atoms with Gasteiger partial charge in [-0.1, -0.05) is 0 Å². The summed E-state index contributed by atoms with van der Waals surface area (Å²) in [5, 5.41) is 3.24. The molecule has 1 amide bonds. The zero-order valence-electron chi connectivity index (χ0n) is 17.5. The molecular formula is C23H25FN6O. The highest BCUT2D eigenvalue weighted by molar-refractivity contribution is 5.77. The maximum Gasteiger partial charge on any atom is 0.224 e. The van der Waals surface area contributed by atoms with Crippen LogP contribution >= 0.6 is 0 Å². The lowest BCUT2D eigenvalue weighted by atomic mass is 10.2. The van der Waals surface area contributed by atoms with E-state index < -0.39 is 0 Å². The maximum atomic E-state index is 13.1. The van der Waals surface area contributed by atoms with Crippen molar-refractivity contribution in [2.24, 2.45) is 0 Å². The van der Waals surface area contributed by atoms with Gasteiger partial charge in [-0.15, -0.1) is 0 Å². The van der Waals surface area contributed by atoms with Crippen LogP contribution in [0, 0.1) is 12.7 Å². The minimum Gasteiger partial charge on any atom is -0.369 e. The first-order valence-corrected chi connectivity index (χ1v) is 10.4. The van der Waals surface area contributed by atoms with Crippen LogP contribution in [0.2, 0.25) is 0 Å². The SMILES string of the molecule is Cc1cc(NCCC(=O)N2CCN(c3ccc(F)cc3)CC2)nc(-c2cccnc2)n1. The summed E-state index contributed by atoms with van der Waals surface area (Å²) in [4.78, 5) is 29.8. The molecule has 31 heavy (non-hydrogen) atoms. The molecule has 160 valence electrons. The van der Waals surface area contributed by atoms with Gasteiger partial charge in [0, 0.05) is 74.5 Å². The van der Waals surface area contributed by atoms with Crippen LogP contribution in [0.4, 0.5) is 15.9 Å². The Morgan fingerprint density at radius 3 is 2.58 bits per heavy atom. The van der Waals surface area contributed by atoms with Gasteiger partial charge in [-0.2, -0.15) is 0 Å². The van der Waals surface area contributed by atoms with E-state index in [0.29, 0.717) is 37.7 Å². The average Bonchev–Trinajstić information content (AvgIpc) is 2.80. The summed E-state index contributed by atoms with van der Waals surface area (Å²) in [5.74, 6) is 1.18. The van der Waals surface area contributed by atoms with E-state index in [4.69, 9.17) is 0 Å². The molecule has 1 aliphatic heterocycles. The highest BCUT2D eigenvalue weighted by atomic mass is 19.1. The van der Waals surface area contributed by atoms with Crippen molar-refractivity contribution < 1.29 is 9.18 Å². The van der Waals surface area contributed by atoms with Crippen LogP contribution in [-0.4, -0.2) is 58.5 Å². The van der Waals surface area contributed by atoms with E-state index in [1.54, 1.807) is 24.5 Å². The van der Waals surface area contributed by atoms with E-state index in [9.17, 15) is 9.18 Å². The van der Waals surface area contributed by atoms with Gasteiger partial charge < -0.3 is 15.1 Å². The molecule has 0 spiro atoms. The number of benzene rings is 1. The van der Waals surface area contributed by atoms with Gasteiger partial charge >= 0.3 is 0 Å². The number of amides is 1.